The summed E-state index contributed by atoms with van der Waals surface area (Å²) >= 11 is 0. The lowest BCUT2D eigenvalue weighted by molar-refractivity contribution is -0.0603. The molecule has 0 aliphatic carbocycles. The van der Waals surface area contributed by atoms with Crippen LogP contribution in [0.15, 0.2) is 36.6 Å². The molecule has 0 aliphatic heterocycles. The SMILES string of the molecule is FOC=Cc1ccccc1. The zero-order chi connectivity index (χ0) is 7.23. The van der Waals surface area contributed by atoms with Crippen molar-refractivity contribution in [3.05, 3.63) is 42.2 Å². The maximum absolute atomic E-state index is 11.1. The predicted molar refractivity (Wildman–Crippen MR) is 37.7 cm³/mol. The molecule has 1 aromatic rings. The van der Waals surface area contributed by atoms with E-state index in [1.54, 1.807) is 6.08 Å². The van der Waals surface area contributed by atoms with E-state index in [1.165, 1.54) is 0 Å². The van der Waals surface area contributed by atoms with E-state index >= 15 is 0 Å². The van der Waals surface area contributed by atoms with Gasteiger partial charge in [0.25, 0.3) is 0 Å². The normalized spacial score (nSPS) is 10.1. The van der Waals surface area contributed by atoms with Crippen molar-refractivity contribution in [2.45, 2.75) is 0 Å². The lowest BCUT2D eigenvalue weighted by Gasteiger charge is -1.87. The van der Waals surface area contributed by atoms with Crippen LogP contribution in [0.2, 0.25) is 0 Å². The van der Waals surface area contributed by atoms with Crippen molar-refractivity contribution in [2.75, 3.05) is 0 Å². The lowest BCUT2D eigenvalue weighted by Crippen LogP contribution is -1.67. The molecule has 10 heavy (non-hydrogen) atoms. The third kappa shape index (κ3) is 1.90. The minimum absolute atomic E-state index is 0.917. The number of hydrogen-bond acceptors (Lipinski definition) is 1. The fraction of sp³-hybridized carbons (Fsp3) is 0. The van der Waals surface area contributed by atoms with Crippen LogP contribution >= 0.6 is 0 Å². The molecule has 2 heteroatoms. The Kier molecular flexibility index (Phi) is 2.49. The van der Waals surface area contributed by atoms with Crippen LogP contribution in [-0.4, -0.2) is 0 Å². The summed E-state index contributed by atoms with van der Waals surface area (Å²) < 4.78 is 11.1. The van der Waals surface area contributed by atoms with Gasteiger partial charge in [0.1, 0.15) is 6.26 Å². The monoisotopic (exact) mass is 138 g/mol. The van der Waals surface area contributed by atoms with Crippen LogP contribution in [0.5, 0.6) is 0 Å². The Hall–Kier alpha value is -1.31. The number of hydrogen-bond donors (Lipinski definition) is 0. The summed E-state index contributed by atoms with van der Waals surface area (Å²) in [5.41, 5.74) is 0.917. The molecule has 0 N–H and O–H groups in total. The zero-order valence-corrected chi connectivity index (χ0v) is 5.33. The molecule has 0 unspecified atom stereocenters. The predicted octanol–water partition coefficient (Wildman–Crippen LogP) is 2.56. The maximum atomic E-state index is 11.1. The summed E-state index contributed by atoms with van der Waals surface area (Å²) in [6.45, 7) is 0. The van der Waals surface area contributed by atoms with Crippen molar-refractivity contribution in [3.63, 3.8) is 0 Å². The van der Waals surface area contributed by atoms with Crippen LogP contribution in [0.4, 0.5) is 4.53 Å². The van der Waals surface area contributed by atoms with Gasteiger partial charge in [0.05, 0.1) is 0 Å². The van der Waals surface area contributed by atoms with E-state index in [0.29, 0.717) is 0 Å². The summed E-state index contributed by atoms with van der Waals surface area (Å²) in [6, 6.07) is 9.36. The second-order valence-electron chi connectivity index (χ2n) is 1.80. The van der Waals surface area contributed by atoms with E-state index in [9.17, 15) is 4.53 Å². The fourth-order valence-electron chi connectivity index (χ4n) is 0.668. The molecular formula is C8H7FO. The topological polar surface area (TPSA) is 9.23 Å². The molecule has 0 fully saturated rings. The van der Waals surface area contributed by atoms with Gasteiger partial charge in [0.2, 0.25) is 0 Å². The van der Waals surface area contributed by atoms with Gasteiger partial charge in [-0.25, -0.2) is 0 Å². The molecule has 0 saturated heterocycles. The average molecular weight is 138 g/mol. The highest BCUT2D eigenvalue weighted by molar-refractivity contribution is 5.47. The first-order valence-corrected chi connectivity index (χ1v) is 2.92. The van der Waals surface area contributed by atoms with Crippen molar-refractivity contribution in [1.82, 2.24) is 0 Å². The minimum Gasteiger partial charge on any atom is -0.302 e. The van der Waals surface area contributed by atoms with Gasteiger partial charge in [-0.15, -0.1) is 0 Å². The van der Waals surface area contributed by atoms with Crippen molar-refractivity contribution in [2.24, 2.45) is 0 Å². The summed E-state index contributed by atoms with van der Waals surface area (Å²) in [6.07, 6.45) is 2.54. The van der Waals surface area contributed by atoms with E-state index in [1.807, 2.05) is 30.3 Å². The molecule has 0 bridgehead atoms. The van der Waals surface area contributed by atoms with E-state index in [4.69, 9.17) is 0 Å². The second kappa shape index (κ2) is 3.67. The van der Waals surface area contributed by atoms with Crippen LogP contribution in [0.3, 0.4) is 0 Å². The molecule has 0 amide bonds. The largest absolute Gasteiger partial charge is 0.302 e. The quantitative estimate of drug-likeness (QED) is 0.570. The van der Waals surface area contributed by atoms with Crippen LogP contribution < -0.4 is 0 Å². The first-order chi connectivity index (χ1) is 4.93. The molecule has 1 aromatic carbocycles. The van der Waals surface area contributed by atoms with E-state index in [2.05, 4.69) is 4.94 Å². The molecule has 52 valence electrons. The van der Waals surface area contributed by atoms with E-state index in [0.717, 1.165) is 11.8 Å². The Morgan fingerprint density at radius 3 is 2.50 bits per heavy atom. The highest BCUT2D eigenvalue weighted by atomic mass is 19.3. The zero-order valence-electron chi connectivity index (χ0n) is 5.33. The molecule has 0 heterocycles. The van der Waals surface area contributed by atoms with Crippen molar-refractivity contribution < 1.29 is 9.47 Å². The number of benzene rings is 1. The molecule has 0 radical (unpaired) electrons. The van der Waals surface area contributed by atoms with E-state index < -0.39 is 0 Å². The molecule has 0 atom stereocenters. The van der Waals surface area contributed by atoms with Gasteiger partial charge in [0, 0.05) is 4.53 Å². The molecule has 0 saturated carbocycles. The molecular weight excluding hydrogens is 131 g/mol. The first-order valence-electron chi connectivity index (χ1n) is 2.92. The van der Waals surface area contributed by atoms with Gasteiger partial charge in [-0.2, -0.15) is 0 Å². The first kappa shape index (κ1) is 6.81. The highest BCUT2D eigenvalue weighted by Gasteiger charge is 1.80. The Labute approximate surface area is 58.7 Å². The molecule has 0 spiro atoms. The van der Waals surface area contributed by atoms with Gasteiger partial charge in [-0.05, 0) is 11.6 Å². The maximum Gasteiger partial charge on any atom is 0.136 e. The second-order valence-corrected chi connectivity index (χ2v) is 1.80. The molecule has 1 rings (SSSR count). The van der Waals surface area contributed by atoms with Gasteiger partial charge in [-0.3, -0.25) is 0 Å². The van der Waals surface area contributed by atoms with Gasteiger partial charge in [-0.1, -0.05) is 30.3 Å². The van der Waals surface area contributed by atoms with Crippen molar-refractivity contribution >= 4 is 6.08 Å². The van der Waals surface area contributed by atoms with Gasteiger partial charge >= 0.3 is 0 Å². The highest BCUT2D eigenvalue weighted by Crippen LogP contribution is 2.00. The Bertz CT molecular complexity index is 206. The Balaban J connectivity index is 2.67. The molecule has 1 nitrogen and oxygen atoms in total. The standard InChI is InChI=1S/C8H7FO/c9-10-7-6-8-4-2-1-3-5-8/h1-7H. The smallest absolute Gasteiger partial charge is 0.136 e. The van der Waals surface area contributed by atoms with Gasteiger partial charge in [0.15, 0.2) is 0 Å². The fourth-order valence-corrected chi connectivity index (χ4v) is 0.668. The lowest BCUT2D eigenvalue weighted by atomic mass is 10.2. The van der Waals surface area contributed by atoms with E-state index in [-0.39, 0.29) is 0 Å². The summed E-state index contributed by atoms with van der Waals surface area (Å²) in [5, 5.41) is 0. The van der Waals surface area contributed by atoms with Crippen LogP contribution in [0.1, 0.15) is 5.56 Å². The van der Waals surface area contributed by atoms with Crippen molar-refractivity contribution in [1.29, 1.82) is 0 Å². The average Bonchev–Trinajstić information content (AvgIpc) is 2.03. The van der Waals surface area contributed by atoms with Crippen molar-refractivity contribution in [3.8, 4) is 0 Å². The van der Waals surface area contributed by atoms with Crippen LogP contribution in [-0.2, 0) is 4.94 Å². The summed E-state index contributed by atoms with van der Waals surface area (Å²) in [4.78, 5) is 3.27. The molecule has 0 aliphatic rings. The van der Waals surface area contributed by atoms with Crippen LogP contribution in [0, 0.1) is 0 Å². The summed E-state index contributed by atoms with van der Waals surface area (Å²) in [7, 11) is 0. The number of halogens is 1. The van der Waals surface area contributed by atoms with Crippen LogP contribution in [0.25, 0.3) is 6.08 Å². The minimum atomic E-state index is 0.917. The van der Waals surface area contributed by atoms with Gasteiger partial charge < -0.3 is 4.94 Å². The number of rotatable bonds is 2. The third-order valence-electron chi connectivity index (χ3n) is 1.11. The Morgan fingerprint density at radius 2 is 1.90 bits per heavy atom. The Morgan fingerprint density at radius 1 is 1.20 bits per heavy atom. The summed E-state index contributed by atoms with van der Waals surface area (Å²) in [5.74, 6) is 0. The molecule has 0 aromatic heterocycles. The third-order valence-corrected chi connectivity index (χ3v) is 1.11.